The standard InChI is InChI=1S/C27H32N6O2/c1-18-7-8-20(14-21(18)16-32-12-4-6-22(17-32)33-13-5-11-28-33)24(15-26(34)35)23-9-10-25-27(19(23)2)29-30-31(25)3/h5,7-11,13-14,22,24H,4,6,12,15-17H2,1-3H3,(H,34,35)/t22?,24-/m0/s1. The first-order valence-electron chi connectivity index (χ1n) is 12.2. The van der Waals surface area contributed by atoms with Gasteiger partial charge in [-0.2, -0.15) is 5.10 Å². The van der Waals surface area contributed by atoms with Gasteiger partial charge in [0.05, 0.1) is 18.0 Å². The van der Waals surface area contributed by atoms with Crippen LogP contribution >= 0.6 is 0 Å². The number of likely N-dealkylation sites (tertiary alicyclic amines) is 1. The predicted molar refractivity (Wildman–Crippen MR) is 134 cm³/mol. The van der Waals surface area contributed by atoms with Crippen molar-refractivity contribution in [2.24, 2.45) is 7.05 Å². The zero-order valence-corrected chi connectivity index (χ0v) is 20.6. The summed E-state index contributed by atoms with van der Waals surface area (Å²) >= 11 is 0. The van der Waals surface area contributed by atoms with Crippen LogP contribution in [0.15, 0.2) is 48.8 Å². The molecular weight excluding hydrogens is 440 g/mol. The van der Waals surface area contributed by atoms with Gasteiger partial charge in [-0.1, -0.05) is 29.5 Å². The maximum Gasteiger partial charge on any atom is 0.304 e. The van der Waals surface area contributed by atoms with Crippen molar-refractivity contribution in [3.05, 3.63) is 76.6 Å². The molecule has 1 fully saturated rings. The van der Waals surface area contributed by atoms with Crippen LogP contribution in [-0.2, 0) is 18.4 Å². The lowest BCUT2D eigenvalue weighted by Gasteiger charge is -2.33. The molecule has 0 spiro atoms. The van der Waals surface area contributed by atoms with Crippen LogP contribution < -0.4 is 0 Å². The van der Waals surface area contributed by atoms with Gasteiger partial charge in [0.1, 0.15) is 5.52 Å². The van der Waals surface area contributed by atoms with Crippen LogP contribution in [0.3, 0.4) is 0 Å². The number of carboxylic acids is 1. The lowest BCUT2D eigenvalue weighted by molar-refractivity contribution is -0.137. The number of aliphatic carboxylic acids is 1. The highest BCUT2D eigenvalue weighted by molar-refractivity contribution is 5.80. The zero-order valence-electron chi connectivity index (χ0n) is 20.6. The molecule has 0 saturated carbocycles. The van der Waals surface area contributed by atoms with Gasteiger partial charge in [0.25, 0.3) is 0 Å². The average molecular weight is 473 g/mol. The molecule has 0 radical (unpaired) electrons. The van der Waals surface area contributed by atoms with Crippen LogP contribution in [0.4, 0.5) is 0 Å². The van der Waals surface area contributed by atoms with Crippen LogP contribution in [0.2, 0.25) is 0 Å². The number of benzene rings is 2. The predicted octanol–water partition coefficient (Wildman–Crippen LogP) is 4.23. The SMILES string of the molecule is Cc1ccc([C@H](CC(=O)O)c2ccc3c(nnn3C)c2C)cc1CN1CCCC(n2cccn2)C1. The summed E-state index contributed by atoms with van der Waals surface area (Å²) in [5.41, 5.74) is 7.25. The maximum atomic E-state index is 11.9. The Hall–Kier alpha value is -3.52. The summed E-state index contributed by atoms with van der Waals surface area (Å²) in [6.45, 7) is 7.02. The summed E-state index contributed by atoms with van der Waals surface area (Å²) in [4.78, 5) is 14.4. The van der Waals surface area contributed by atoms with Gasteiger partial charge >= 0.3 is 5.97 Å². The molecule has 3 heterocycles. The molecule has 35 heavy (non-hydrogen) atoms. The van der Waals surface area contributed by atoms with Gasteiger partial charge < -0.3 is 5.11 Å². The Morgan fingerprint density at radius 1 is 1.23 bits per heavy atom. The van der Waals surface area contributed by atoms with Crippen LogP contribution in [0, 0.1) is 13.8 Å². The molecule has 0 aliphatic carbocycles. The van der Waals surface area contributed by atoms with Crippen LogP contribution in [-0.4, -0.2) is 53.8 Å². The van der Waals surface area contributed by atoms with Gasteiger partial charge in [0, 0.05) is 38.4 Å². The fraction of sp³-hybridized carbons (Fsp3) is 0.407. The molecule has 2 aromatic carbocycles. The van der Waals surface area contributed by atoms with Crippen molar-refractivity contribution in [2.75, 3.05) is 13.1 Å². The van der Waals surface area contributed by atoms with Crippen molar-refractivity contribution in [3.8, 4) is 0 Å². The summed E-state index contributed by atoms with van der Waals surface area (Å²) < 4.78 is 3.82. The first-order valence-corrected chi connectivity index (χ1v) is 12.2. The molecule has 182 valence electrons. The Morgan fingerprint density at radius 3 is 2.86 bits per heavy atom. The normalized spacial score (nSPS) is 17.6. The summed E-state index contributed by atoms with van der Waals surface area (Å²) in [6, 6.07) is 12.8. The van der Waals surface area contributed by atoms with E-state index in [0.29, 0.717) is 6.04 Å². The highest BCUT2D eigenvalue weighted by Gasteiger charge is 2.25. The summed E-state index contributed by atoms with van der Waals surface area (Å²) in [6.07, 6.45) is 6.20. The molecular formula is C27H32N6O2. The number of aromatic nitrogens is 5. The van der Waals surface area contributed by atoms with Gasteiger partial charge in [-0.15, -0.1) is 5.10 Å². The van der Waals surface area contributed by atoms with Crippen molar-refractivity contribution in [1.29, 1.82) is 0 Å². The van der Waals surface area contributed by atoms with E-state index in [-0.39, 0.29) is 12.3 Å². The second-order valence-corrected chi connectivity index (χ2v) is 9.71. The van der Waals surface area contributed by atoms with E-state index >= 15 is 0 Å². The number of nitrogens with zero attached hydrogens (tertiary/aromatic N) is 6. The maximum absolute atomic E-state index is 11.9. The minimum atomic E-state index is -0.811. The van der Waals surface area contributed by atoms with Crippen LogP contribution in [0.25, 0.3) is 11.0 Å². The van der Waals surface area contributed by atoms with E-state index in [2.05, 4.69) is 50.1 Å². The molecule has 2 atom stereocenters. The molecule has 1 N–H and O–H groups in total. The van der Waals surface area contributed by atoms with E-state index in [1.54, 1.807) is 4.68 Å². The van der Waals surface area contributed by atoms with Crippen molar-refractivity contribution in [1.82, 2.24) is 29.7 Å². The fourth-order valence-corrected chi connectivity index (χ4v) is 5.41. The molecule has 1 aliphatic rings. The Kier molecular flexibility index (Phi) is 6.38. The van der Waals surface area contributed by atoms with E-state index in [0.717, 1.165) is 60.2 Å². The Balaban J connectivity index is 1.45. The van der Waals surface area contributed by atoms with Crippen molar-refractivity contribution >= 4 is 17.0 Å². The molecule has 1 saturated heterocycles. The molecule has 1 aliphatic heterocycles. The van der Waals surface area contributed by atoms with E-state index in [9.17, 15) is 9.90 Å². The third-order valence-electron chi connectivity index (χ3n) is 7.38. The number of hydrogen-bond acceptors (Lipinski definition) is 5. The van der Waals surface area contributed by atoms with E-state index in [1.807, 2.05) is 44.6 Å². The van der Waals surface area contributed by atoms with E-state index in [4.69, 9.17) is 0 Å². The van der Waals surface area contributed by atoms with Gasteiger partial charge in [-0.3, -0.25) is 14.4 Å². The smallest absolute Gasteiger partial charge is 0.304 e. The second kappa shape index (κ2) is 9.62. The lowest BCUT2D eigenvalue weighted by atomic mass is 9.84. The minimum absolute atomic E-state index is 0.0280. The molecule has 1 unspecified atom stereocenters. The highest BCUT2D eigenvalue weighted by Crippen LogP contribution is 2.34. The topological polar surface area (TPSA) is 89.1 Å². The molecule has 8 nitrogen and oxygen atoms in total. The second-order valence-electron chi connectivity index (χ2n) is 9.71. The summed E-state index contributed by atoms with van der Waals surface area (Å²) in [5, 5.41) is 22.7. The number of aryl methyl sites for hydroxylation is 3. The Morgan fingerprint density at radius 2 is 2.09 bits per heavy atom. The number of carbonyl (C=O) groups is 1. The number of hydrogen-bond donors (Lipinski definition) is 1. The van der Waals surface area contributed by atoms with Crippen molar-refractivity contribution < 1.29 is 9.90 Å². The third-order valence-corrected chi connectivity index (χ3v) is 7.38. The molecule has 5 rings (SSSR count). The molecule has 8 heteroatoms. The largest absolute Gasteiger partial charge is 0.481 e. The van der Waals surface area contributed by atoms with Gasteiger partial charge in [0.2, 0.25) is 0 Å². The Labute approximate surface area is 205 Å². The monoisotopic (exact) mass is 472 g/mol. The highest BCUT2D eigenvalue weighted by atomic mass is 16.4. The number of rotatable bonds is 7. The molecule has 4 aromatic rings. The quantitative estimate of drug-likeness (QED) is 0.433. The van der Waals surface area contributed by atoms with Gasteiger partial charge in [-0.05, 0) is 73.2 Å². The fourth-order valence-electron chi connectivity index (χ4n) is 5.41. The van der Waals surface area contributed by atoms with Crippen molar-refractivity contribution in [2.45, 2.75) is 51.6 Å². The van der Waals surface area contributed by atoms with Crippen LogP contribution in [0.1, 0.15) is 59.0 Å². The van der Waals surface area contributed by atoms with Crippen LogP contribution in [0.5, 0.6) is 0 Å². The lowest BCUT2D eigenvalue weighted by Crippen LogP contribution is -2.36. The van der Waals surface area contributed by atoms with Gasteiger partial charge in [0.15, 0.2) is 0 Å². The van der Waals surface area contributed by atoms with E-state index in [1.165, 1.54) is 11.1 Å². The summed E-state index contributed by atoms with van der Waals surface area (Å²) in [7, 11) is 1.87. The first kappa shape index (κ1) is 23.2. The van der Waals surface area contributed by atoms with Gasteiger partial charge in [-0.25, -0.2) is 4.68 Å². The number of carboxylic acid groups (broad SMARTS) is 1. The average Bonchev–Trinajstić information content (AvgIpc) is 3.51. The molecule has 2 aromatic heterocycles. The zero-order chi connectivity index (χ0) is 24.5. The molecule has 0 bridgehead atoms. The summed E-state index contributed by atoms with van der Waals surface area (Å²) in [5.74, 6) is -1.06. The van der Waals surface area contributed by atoms with E-state index < -0.39 is 5.97 Å². The van der Waals surface area contributed by atoms with Crippen molar-refractivity contribution in [3.63, 3.8) is 0 Å². The molecule has 0 amide bonds. The first-order chi connectivity index (χ1) is 16.9. The number of fused-ring (bicyclic) bond motifs is 1. The Bertz CT molecular complexity index is 1340. The number of piperidine rings is 1. The minimum Gasteiger partial charge on any atom is -0.481 e. The third kappa shape index (κ3) is 4.71.